The first-order chi connectivity index (χ1) is 9.54. The Morgan fingerprint density at radius 3 is 2.90 bits per heavy atom. The number of aromatic nitrogens is 2. The Bertz CT molecular complexity index is 534. The van der Waals surface area contributed by atoms with Crippen molar-refractivity contribution in [3.05, 3.63) is 12.0 Å². The maximum atomic E-state index is 11.8. The number of hydrogen-bond donors (Lipinski definition) is 5. The number of ether oxygens (including phenoxy) is 1. The third-order valence-corrected chi connectivity index (χ3v) is 3.47. The molecule has 6 N–H and O–H groups in total. The Labute approximate surface area is 113 Å². The predicted molar refractivity (Wildman–Crippen MR) is 64.1 cm³/mol. The van der Waals surface area contributed by atoms with E-state index in [4.69, 9.17) is 15.7 Å². The second-order valence-corrected chi connectivity index (χ2v) is 4.69. The lowest BCUT2D eigenvalue weighted by Crippen LogP contribution is -2.45. The fraction of sp³-hybridized carbons (Fsp3) is 0.600. The molecular formula is C10H15N5O5. The Balaban J connectivity index is 1.93. The van der Waals surface area contributed by atoms with Gasteiger partial charge in [-0.3, -0.25) is 14.4 Å². The van der Waals surface area contributed by atoms with Crippen LogP contribution in [0, 0.1) is 0 Å². The summed E-state index contributed by atoms with van der Waals surface area (Å²) in [5.74, 6) is 5.37. The average Bonchev–Trinajstić information content (AvgIpc) is 2.98. The number of nitrogens with two attached hydrogens (primary N) is 1. The predicted octanol–water partition coefficient (Wildman–Crippen LogP) is -2.81. The summed E-state index contributed by atoms with van der Waals surface area (Å²) >= 11 is 0. The summed E-state index contributed by atoms with van der Waals surface area (Å²) in [7, 11) is 0. The lowest BCUT2D eigenvalue weighted by Gasteiger charge is -2.26. The Morgan fingerprint density at radius 1 is 1.50 bits per heavy atom. The van der Waals surface area contributed by atoms with Gasteiger partial charge in [0.1, 0.15) is 30.8 Å². The number of rotatable bonds is 2. The fourth-order valence-corrected chi connectivity index (χ4v) is 2.36. The van der Waals surface area contributed by atoms with Crippen LogP contribution < -0.4 is 11.2 Å². The van der Waals surface area contributed by atoms with E-state index in [1.165, 1.54) is 10.9 Å². The molecule has 3 heterocycles. The summed E-state index contributed by atoms with van der Waals surface area (Å²) < 4.78 is 6.79. The van der Waals surface area contributed by atoms with Gasteiger partial charge in [-0.25, -0.2) is 10.8 Å². The van der Waals surface area contributed by atoms with Crippen LogP contribution in [-0.4, -0.2) is 67.4 Å². The van der Waals surface area contributed by atoms with E-state index in [1.54, 1.807) is 0 Å². The number of carbonyl (C=O) groups is 1. The highest BCUT2D eigenvalue weighted by molar-refractivity contribution is 5.98. The Morgan fingerprint density at radius 2 is 2.25 bits per heavy atom. The first-order valence-electron chi connectivity index (χ1n) is 6.04. The smallest absolute Gasteiger partial charge is 0.291 e. The van der Waals surface area contributed by atoms with Crippen molar-refractivity contribution < 1.29 is 24.9 Å². The topological polar surface area (TPSA) is 146 Å². The van der Waals surface area contributed by atoms with E-state index in [0.29, 0.717) is 5.82 Å². The number of aliphatic hydroxyl groups is 3. The van der Waals surface area contributed by atoms with E-state index >= 15 is 0 Å². The third-order valence-electron chi connectivity index (χ3n) is 3.47. The number of carbonyl (C=O) groups excluding carboxylic acids is 1. The molecule has 0 radical (unpaired) electrons. The van der Waals surface area contributed by atoms with Crippen LogP contribution in [0.3, 0.4) is 0 Å². The standard InChI is InChI=1S/C10H15N5O5/c11-15-3-13-8-5(9(15)19)12-2-14(8)10-7(18)6(17)4(1-16)20-10/h2,4,6-7,10,13,16-18H,1,3,11H2/t4-,6-,7-,10-/m1/s1. The largest absolute Gasteiger partial charge is 0.394 e. The zero-order chi connectivity index (χ0) is 14.4. The number of amides is 1. The van der Waals surface area contributed by atoms with Crippen LogP contribution in [0.5, 0.6) is 0 Å². The van der Waals surface area contributed by atoms with E-state index in [1.807, 2.05) is 0 Å². The van der Waals surface area contributed by atoms with Crippen molar-refractivity contribution in [2.45, 2.75) is 24.5 Å². The van der Waals surface area contributed by atoms with Crippen LogP contribution >= 0.6 is 0 Å². The molecule has 3 rings (SSSR count). The second-order valence-electron chi connectivity index (χ2n) is 4.69. The molecular weight excluding hydrogens is 270 g/mol. The van der Waals surface area contributed by atoms with Crippen LogP contribution in [0.4, 0.5) is 5.82 Å². The van der Waals surface area contributed by atoms with Gasteiger partial charge in [0, 0.05) is 0 Å². The van der Waals surface area contributed by atoms with E-state index in [-0.39, 0.29) is 12.4 Å². The van der Waals surface area contributed by atoms with Gasteiger partial charge in [-0.1, -0.05) is 0 Å². The van der Waals surface area contributed by atoms with Crippen LogP contribution in [0.2, 0.25) is 0 Å². The van der Waals surface area contributed by atoms with Gasteiger partial charge >= 0.3 is 0 Å². The minimum absolute atomic E-state index is 0.0896. The number of anilines is 1. The number of nitrogens with zero attached hydrogens (tertiary/aromatic N) is 3. The van der Waals surface area contributed by atoms with E-state index in [0.717, 1.165) is 5.01 Å². The second kappa shape index (κ2) is 4.68. The van der Waals surface area contributed by atoms with Gasteiger partial charge in [0.2, 0.25) is 0 Å². The molecule has 1 saturated heterocycles. The van der Waals surface area contributed by atoms with Crippen LogP contribution in [0.1, 0.15) is 16.7 Å². The number of hydrazine groups is 1. The monoisotopic (exact) mass is 285 g/mol. The molecule has 2 aliphatic heterocycles. The summed E-state index contributed by atoms with van der Waals surface area (Å²) in [4.78, 5) is 15.7. The molecule has 4 atom stereocenters. The lowest BCUT2D eigenvalue weighted by molar-refractivity contribution is -0.0519. The number of fused-ring (bicyclic) bond motifs is 1. The summed E-state index contributed by atoms with van der Waals surface area (Å²) in [5, 5.41) is 32.6. The lowest BCUT2D eigenvalue weighted by atomic mass is 10.1. The summed E-state index contributed by atoms with van der Waals surface area (Å²) in [5.41, 5.74) is 0.108. The van der Waals surface area contributed by atoms with Gasteiger partial charge in [-0.2, -0.15) is 0 Å². The number of nitrogens with one attached hydrogen (secondary N) is 1. The van der Waals surface area contributed by atoms with Crippen LogP contribution in [0.25, 0.3) is 0 Å². The first kappa shape index (κ1) is 13.3. The molecule has 0 saturated carbocycles. The zero-order valence-corrected chi connectivity index (χ0v) is 10.4. The molecule has 1 amide bonds. The summed E-state index contributed by atoms with van der Waals surface area (Å²) in [6.45, 7) is -0.332. The van der Waals surface area contributed by atoms with Crippen molar-refractivity contribution in [2.75, 3.05) is 18.6 Å². The molecule has 1 aromatic heterocycles. The Hall–Kier alpha value is -1.72. The minimum atomic E-state index is -1.24. The molecule has 2 aliphatic rings. The average molecular weight is 285 g/mol. The van der Waals surface area contributed by atoms with Gasteiger partial charge in [0.15, 0.2) is 11.9 Å². The highest BCUT2D eigenvalue weighted by Crippen LogP contribution is 2.33. The SMILES string of the molecule is NN1CNc2c(ncn2[C@@H]2O[C@H](CO)[C@@H](O)[C@H]2O)C1=O. The van der Waals surface area contributed by atoms with Crippen molar-refractivity contribution in [3.63, 3.8) is 0 Å². The number of imidazole rings is 1. The normalized spacial score (nSPS) is 33.2. The molecule has 10 nitrogen and oxygen atoms in total. The quantitative estimate of drug-likeness (QED) is 0.289. The summed E-state index contributed by atoms with van der Waals surface area (Å²) in [6.07, 6.45) is -2.97. The zero-order valence-electron chi connectivity index (χ0n) is 10.4. The Kier molecular flexibility index (Phi) is 3.11. The van der Waals surface area contributed by atoms with Crippen molar-refractivity contribution in [2.24, 2.45) is 5.84 Å². The molecule has 0 aliphatic carbocycles. The minimum Gasteiger partial charge on any atom is -0.394 e. The van der Waals surface area contributed by atoms with Gasteiger partial charge in [-0.05, 0) is 0 Å². The molecule has 0 aromatic carbocycles. The van der Waals surface area contributed by atoms with Crippen molar-refractivity contribution in [3.8, 4) is 0 Å². The van der Waals surface area contributed by atoms with Gasteiger partial charge in [0.05, 0.1) is 12.9 Å². The summed E-state index contributed by atoms with van der Waals surface area (Å²) in [6, 6.07) is 0. The first-order valence-corrected chi connectivity index (χ1v) is 6.04. The molecule has 1 fully saturated rings. The fourth-order valence-electron chi connectivity index (χ4n) is 2.36. The van der Waals surface area contributed by atoms with E-state index < -0.39 is 37.1 Å². The van der Waals surface area contributed by atoms with E-state index in [2.05, 4.69) is 10.3 Å². The molecule has 20 heavy (non-hydrogen) atoms. The van der Waals surface area contributed by atoms with Crippen LogP contribution in [-0.2, 0) is 4.74 Å². The molecule has 110 valence electrons. The maximum Gasteiger partial charge on any atom is 0.291 e. The highest BCUT2D eigenvalue weighted by Gasteiger charge is 2.45. The number of aliphatic hydroxyl groups excluding tert-OH is 3. The molecule has 0 unspecified atom stereocenters. The highest BCUT2D eigenvalue weighted by atomic mass is 16.6. The maximum absolute atomic E-state index is 11.8. The third kappa shape index (κ3) is 1.77. The van der Waals surface area contributed by atoms with E-state index in [9.17, 15) is 15.0 Å². The van der Waals surface area contributed by atoms with Crippen molar-refractivity contribution >= 4 is 11.7 Å². The molecule has 0 spiro atoms. The van der Waals surface area contributed by atoms with Gasteiger partial charge in [-0.15, -0.1) is 0 Å². The van der Waals surface area contributed by atoms with Gasteiger partial charge < -0.3 is 25.4 Å². The molecule has 0 bridgehead atoms. The molecule has 1 aromatic rings. The number of hydrogen-bond acceptors (Lipinski definition) is 8. The van der Waals surface area contributed by atoms with Crippen molar-refractivity contribution in [1.82, 2.24) is 14.6 Å². The van der Waals surface area contributed by atoms with Crippen molar-refractivity contribution in [1.29, 1.82) is 0 Å². The van der Waals surface area contributed by atoms with Gasteiger partial charge in [0.25, 0.3) is 5.91 Å². The molecule has 10 heteroatoms. The van der Waals surface area contributed by atoms with Crippen LogP contribution in [0.15, 0.2) is 6.33 Å².